The summed E-state index contributed by atoms with van der Waals surface area (Å²) in [7, 11) is -2.24. The summed E-state index contributed by atoms with van der Waals surface area (Å²) in [4.78, 5) is 22.8. The summed E-state index contributed by atoms with van der Waals surface area (Å²) < 4.78 is 36.9. The Morgan fingerprint density at radius 1 is 1.10 bits per heavy atom. The Morgan fingerprint density at radius 2 is 1.83 bits per heavy atom. The van der Waals surface area contributed by atoms with Crippen molar-refractivity contribution in [3.05, 3.63) is 65.7 Å². The fraction of sp³-hybridized carbons (Fsp3) is 0.238. The molecule has 0 radical (unpaired) electrons. The van der Waals surface area contributed by atoms with Gasteiger partial charge in [-0.05, 0) is 48.0 Å². The molecule has 160 valence electrons. The number of rotatable bonds is 12. The van der Waals surface area contributed by atoms with Gasteiger partial charge in [-0.3, -0.25) is 9.59 Å². The molecule has 0 saturated carbocycles. The van der Waals surface area contributed by atoms with Gasteiger partial charge in [-0.25, -0.2) is 13.1 Å². The molecule has 30 heavy (non-hydrogen) atoms. The molecule has 0 saturated heterocycles. The van der Waals surface area contributed by atoms with E-state index in [1.807, 2.05) is 12.1 Å². The number of nitrogens with one attached hydrogen (secondary N) is 1. The first-order valence-electron chi connectivity index (χ1n) is 9.07. The highest BCUT2D eigenvalue weighted by Crippen LogP contribution is 2.16. The number of carbonyl (C=O) groups is 2. The van der Waals surface area contributed by atoms with Gasteiger partial charge in [0.15, 0.2) is 5.78 Å². The van der Waals surface area contributed by atoms with Crippen LogP contribution in [0.1, 0.15) is 22.3 Å². The molecule has 0 aliphatic carbocycles. The zero-order valence-corrected chi connectivity index (χ0v) is 17.2. The van der Waals surface area contributed by atoms with Crippen LogP contribution in [0.4, 0.5) is 0 Å². The van der Waals surface area contributed by atoms with E-state index in [9.17, 15) is 18.0 Å². The summed E-state index contributed by atoms with van der Waals surface area (Å²) in [6, 6.07) is 12.6. The van der Waals surface area contributed by atoms with Crippen molar-refractivity contribution in [3.63, 3.8) is 0 Å². The van der Waals surface area contributed by atoms with Crippen LogP contribution < -0.4 is 9.46 Å². The maximum absolute atomic E-state index is 12.4. The zero-order valence-electron chi connectivity index (χ0n) is 16.4. The number of methoxy groups -OCH3 is 1. The van der Waals surface area contributed by atoms with Crippen molar-refractivity contribution in [2.45, 2.75) is 11.3 Å². The third kappa shape index (κ3) is 7.43. The van der Waals surface area contributed by atoms with Gasteiger partial charge in [0.2, 0.25) is 10.0 Å². The molecular formula is C21H23NO7S. The van der Waals surface area contributed by atoms with E-state index in [-0.39, 0.29) is 23.6 Å². The first-order chi connectivity index (χ1) is 14.3. The quantitative estimate of drug-likeness (QED) is 0.300. The van der Waals surface area contributed by atoms with E-state index in [1.54, 1.807) is 25.3 Å². The highest BCUT2D eigenvalue weighted by molar-refractivity contribution is 7.89. The number of aliphatic carboxylic acids is 1. The Bertz CT molecular complexity index is 998. The topological polar surface area (TPSA) is 119 Å². The Kier molecular flexibility index (Phi) is 8.72. The molecule has 0 amide bonds. The molecule has 0 aromatic heterocycles. The molecule has 2 N–H and O–H groups in total. The smallest absolute Gasteiger partial charge is 0.304 e. The van der Waals surface area contributed by atoms with Crippen LogP contribution in [-0.2, 0) is 19.6 Å². The normalized spacial score (nSPS) is 11.5. The summed E-state index contributed by atoms with van der Waals surface area (Å²) >= 11 is 0. The summed E-state index contributed by atoms with van der Waals surface area (Å²) in [5, 5.41) is 8.58. The van der Waals surface area contributed by atoms with Crippen LogP contribution in [0.15, 0.2) is 59.5 Å². The number of ether oxygens (including phenoxy) is 2. The standard InChI is InChI=1S/C21H23NO7S/c1-28-13-14-29-18-4-2-3-16(15-18)5-10-20(23)17-6-8-19(9-7-17)30(26,27)22-12-11-21(24)25/h2-10,15,22H,11-14H2,1H3,(H,24,25)/b10-5+. The van der Waals surface area contributed by atoms with Crippen molar-refractivity contribution in [2.24, 2.45) is 0 Å². The first-order valence-corrected chi connectivity index (χ1v) is 10.6. The lowest BCUT2D eigenvalue weighted by molar-refractivity contribution is -0.136. The molecule has 0 bridgehead atoms. The number of allylic oxidation sites excluding steroid dienone is 1. The van der Waals surface area contributed by atoms with Gasteiger partial charge in [0.25, 0.3) is 0 Å². The predicted molar refractivity (Wildman–Crippen MR) is 111 cm³/mol. The van der Waals surface area contributed by atoms with Gasteiger partial charge in [0, 0.05) is 19.2 Å². The number of ketones is 1. The summed E-state index contributed by atoms with van der Waals surface area (Å²) in [6.45, 7) is 0.678. The number of carboxylic acids is 1. The maximum Gasteiger partial charge on any atom is 0.304 e. The van der Waals surface area contributed by atoms with Gasteiger partial charge in [-0.15, -0.1) is 0 Å². The molecule has 0 unspecified atom stereocenters. The second-order valence-corrected chi connectivity index (χ2v) is 7.94. The van der Waals surface area contributed by atoms with E-state index >= 15 is 0 Å². The second-order valence-electron chi connectivity index (χ2n) is 6.18. The number of hydrogen-bond acceptors (Lipinski definition) is 6. The molecule has 2 rings (SSSR count). The Labute approximate surface area is 175 Å². The predicted octanol–water partition coefficient (Wildman–Crippen LogP) is 2.36. The number of benzene rings is 2. The molecule has 0 atom stereocenters. The fourth-order valence-corrected chi connectivity index (χ4v) is 3.42. The molecule has 0 fully saturated rings. The highest BCUT2D eigenvalue weighted by atomic mass is 32.2. The number of hydrogen-bond donors (Lipinski definition) is 2. The SMILES string of the molecule is COCCOc1cccc(/C=C/C(=O)c2ccc(S(=O)(=O)NCCC(=O)O)cc2)c1. The van der Waals surface area contributed by atoms with Crippen LogP contribution in [-0.4, -0.2) is 52.1 Å². The van der Waals surface area contributed by atoms with E-state index in [4.69, 9.17) is 14.6 Å². The van der Waals surface area contributed by atoms with Crippen LogP contribution in [0, 0.1) is 0 Å². The third-order valence-corrected chi connectivity index (χ3v) is 5.40. The van der Waals surface area contributed by atoms with Gasteiger partial charge < -0.3 is 14.6 Å². The van der Waals surface area contributed by atoms with Crippen LogP contribution >= 0.6 is 0 Å². The molecule has 0 spiro atoms. The van der Waals surface area contributed by atoms with Gasteiger partial charge >= 0.3 is 5.97 Å². The van der Waals surface area contributed by atoms with Crippen molar-refractivity contribution >= 4 is 27.9 Å². The number of sulfonamides is 1. The summed E-state index contributed by atoms with van der Waals surface area (Å²) in [5.41, 5.74) is 1.10. The average Bonchev–Trinajstić information content (AvgIpc) is 2.72. The molecule has 8 nitrogen and oxygen atoms in total. The van der Waals surface area contributed by atoms with E-state index in [1.165, 1.54) is 30.3 Å². The lowest BCUT2D eigenvalue weighted by Gasteiger charge is -2.06. The number of carboxylic acid groups (broad SMARTS) is 1. The minimum absolute atomic E-state index is 0.0469. The molecular weight excluding hydrogens is 410 g/mol. The Hall–Kier alpha value is -3.01. The van der Waals surface area contributed by atoms with Crippen LogP contribution in [0.3, 0.4) is 0 Å². The van der Waals surface area contributed by atoms with E-state index < -0.39 is 16.0 Å². The van der Waals surface area contributed by atoms with Crippen molar-refractivity contribution in [3.8, 4) is 5.75 Å². The fourth-order valence-electron chi connectivity index (χ4n) is 2.39. The molecule has 9 heteroatoms. The first kappa shape index (κ1) is 23.3. The summed E-state index contributed by atoms with van der Waals surface area (Å²) in [5.74, 6) is -0.729. The van der Waals surface area contributed by atoms with Gasteiger partial charge in [0.05, 0.1) is 17.9 Å². The Balaban J connectivity index is 2.01. The largest absolute Gasteiger partial charge is 0.491 e. The molecule has 2 aromatic rings. The maximum atomic E-state index is 12.4. The van der Waals surface area contributed by atoms with Crippen molar-refractivity contribution < 1.29 is 32.6 Å². The lowest BCUT2D eigenvalue weighted by atomic mass is 10.1. The van der Waals surface area contributed by atoms with Crippen molar-refractivity contribution in [2.75, 3.05) is 26.9 Å². The lowest BCUT2D eigenvalue weighted by Crippen LogP contribution is -2.26. The molecule has 2 aromatic carbocycles. The zero-order chi connectivity index (χ0) is 22.0. The van der Waals surface area contributed by atoms with Crippen LogP contribution in [0.2, 0.25) is 0 Å². The monoisotopic (exact) mass is 433 g/mol. The van der Waals surface area contributed by atoms with Crippen molar-refractivity contribution in [1.82, 2.24) is 4.72 Å². The second kappa shape index (κ2) is 11.2. The van der Waals surface area contributed by atoms with Crippen LogP contribution in [0.5, 0.6) is 5.75 Å². The van der Waals surface area contributed by atoms with Gasteiger partial charge in [-0.1, -0.05) is 18.2 Å². The van der Waals surface area contributed by atoms with Gasteiger partial charge in [0.1, 0.15) is 12.4 Å². The Morgan fingerprint density at radius 3 is 2.50 bits per heavy atom. The van der Waals surface area contributed by atoms with E-state index in [2.05, 4.69) is 4.72 Å². The number of carbonyl (C=O) groups excluding carboxylic acids is 1. The van der Waals surface area contributed by atoms with Crippen molar-refractivity contribution in [1.29, 1.82) is 0 Å². The molecule has 0 heterocycles. The molecule has 0 aliphatic heterocycles. The van der Waals surface area contributed by atoms with Crippen LogP contribution in [0.25, 0.3) is 6.08 Å². The minimum atomic E-state index is -3.83. The molecule has 0 aliphatic rings. The van der Waals surface area contributed by atoms with Gasteiger partial charge in [-0.2, -0.15) is 0 Å². The van der Waals surface area contributed by atoms with E-state index in [0.29, 0.717) is 24.5 Å². The highest BCUT2D eigenvalue weighted by Gasteiger charge is 2.14. The minimum Gasteiger partial charge on any atom is -0.491 e. The van der Waals surface area contributed by atoms with E-state index in [0.717, 1.165) is 5.56 Å². The summed E-state index contributed by atoms with van der Waals surface area (Å²) in [6.07, 6.45) is 2.71. The third-order valence-electron chi connectivity index (χ3n) is 3.92. The average molecular weight is 433 g/mol.